The smallest absolute Gasteiger partial charge is 0.129 e. The van der Waals surface area contributed by atoms with Gasteiger partial charge in [-0.05, 0) is 32.1 Å². The second kappa shape index (κ2) is 4.79. The third kappa shape index (κ3) is 2.81. The first-order valence-electron chi connectivity index (χ1n) is 5.38. The minimum atomic E-state index is -0.0217. The maximum atomic E-state index is 8.84. The molecule has 1 saturated heterocycles. The summed E-state index contributed by atoms with van der Waals surface area (Å²) in [4.78, 5) is 2.32. The molecule has 1 fully saturated rings. The molecule has 0 aromatic carbocycles. The van der Waals surface area contributed by atoms with Crippen molar-refractivity contribution in [3.05, 3.63) is 23.7 Å². The Labute approximate surface area is 89.9 Å². The van der Waals surface area contributed by atoms with Crippen molar-refractivity contribution in [3.8, 4) is 0 Å². The summed E-state index contributed by atoms with van der Waals surface area (Å²) in [6.07, 6.45) is 1.20. The molecule has 0 unspecified atom stereocenters. The molecule has 1 aliphatic heterocycles. The molecule has 4 heteroatoms. The fourth-order valence-corrected chi connectivity index (χ4v) is 1.95. The summed E-state index contributed by atoms with van der Waals surface area (Å²) in [5.74, 6) is 1.53. The highest BCUT2D eigenvalue weighted by Gasteiger charge is 2.18. The number of aliphatic hydroxyl groups excluding tert-OH is 1. The Morgan fingerprint density at radius 2 is 2.33 bits per heavy atom. The van der Waals surface area contributed by atoms with Gasteiger partial charge in [-0.1, -0.05) is 0 Å². The monoisotopic (exact) mass is 210 g/mol. The normalized spacial score (nSPS) is 22.4. The molecule has 15 heavy (non-hydrogen) atoms. The van der Waals surface area contributed by atoms with Gasteiger partial charge >= 0.3 is 0 Å². The van der Waals surface area contributed by atoms with Gasteiger partial charge in [-0.3, -0.25) is 0 Å². The molecule has 0 bridgehead atoms. The maximum Gasteiger partial charge on any atom is 0.129 e. The number of nitrogens with one attached hydrogen (secondary N) is 1. The molecule has 4 nitrogen and oxygen atoms in total. The molecule has 1 atom stereocenters. The third-order valence-corrected chi connectivity index (χ3v) is 2.83. The number of hydrogen-bond acceptors (Lipinski definition) is 4. The van der Waals surface area contributed by atoms with Gasteiger partial charge in [0.15, 0.2) is 0 Å². The Bertz CT molecular complexity index is 311. The Kier molecular flexibility index (Phi) is 3.41. The Balaban J connectivity index is 1.77. The summed E-state index contributed by atoms with van der Waals surface area (Å²) in [5.41, 5.74) is 0. The average molecular weight is 210 g/mol. The van der Waals surface area contributed by atoms with Crippen LogP contribution in [0.1, 0.15) is 17.9 Å². The highest BCUT2D eigenvalue weighted by Crippen LogP contribution is 2.10. The van der Waals surface area contributed by atoms with Crippen molar-refractivity contribution in [2.24, 2.45) is 0 Å². The molecule has 0 spiro atoms. The number of nitrogens with zero attached hydrogens (tertiary/aromatic N) is 1. The molecular weight excluding hydrogens is 192 g/mol. The van der Waals surface area contributed by atoms with Gasteiger partial charge in [0, 0.05) is 12.6 Å². The number of likely N-dealkylation sites (tertiary alicyclic amines) is 1. The third-order valence-electron chi connectivity index (χ3n) is 2.83. The van der Waals surface area contributed by atoms with Crippen LogP contribution in [0.15, 0.2) is 16.5 Å². The van der Waals surface area contributed by atoms with Crippen LogP contribution in [0.5, 0.6) is 0 Å². The molecule has 1 aromatic rings. The molecule has 1 aliphatic rings. The summed E-state index contributed by atoms with van der Waals surface area (Å²) in [6.45, 7) is 3.00. The van der Waals surface area contributed by atoms with Crippen LogP contribution in [0, 0.1) is 0 Å². The van der Waals surface area contributed by atoms with E-state index in [1.165, 1.54) is 6.42 Å². The number of hydrogen-bond donors (Lipinski definition) is 2. The molecule has 2 rings (SSSR count). The van der Waals surface area contributed by atoms with Crippen LogP contribution in [-0.4, -0.2) is 36.2 Å². The van der Waals surface area contributed by atoms with Crippen LogP contribution >= 0.6 is 0 Å². The van der Waals surface area contributed by atoms with Crippen molar-refractivity contribution in [1.29, 1.82) is 0 Å². The Hall–Kier alpha value is -0.840. The van der Waals surface area contributed by atoms with Crippen LogP contribution in [0.2, 0.25) is 0 Å². The maximum absolute atomic E-state index is 8.84. The zero-order chi connectivity index (χ0) is 10.7. The Morgan fingerprint density at radius 3 is 2.93 bits per heavy atom. The van der Waals surface area contributed by atoms with Crippen molar-refractivity contribution in [2.45, 2.75) is 25.6 Å². The SMILES string of the molecule is CN1CC[C@@H](NCc2ccc(CO)o2)C1. The van der Waals surface area contributed by atoms with Gasteiger partial charge < -0.3 is 19.7 Å². The Morgan fingerprint density at radius 1 is 1.53 bits per heavy atom. The second-order valence-corrected chi connectivity index (χ2v) is 4.15. The van der Waals surface area contributed by atoms with E-state index in [0.29, 0.717) is 11.8 Å². The van der Waals surface area contributed by atoms with Crippen molar-refractivity contribution < 1.29 is 9.52 Å². The van der Waals surface area contributed by atoms with Crippen molar-refractivity contribution >= 4 is 0 Å². The summed E-state index contributed by atoms with van der Waals surface area (Å²) >= 11 is 0. The molecule has 84 valence electrons. The van der Waals surface area contributed by atoms with E-state index in [4.69, 9.17) is 9.52 Å². The van der Waals surface area contributed by atoms with Gasteiger partial charge in [-0.2, -0.15) is 0 Å². The van der Waals surface area contributed by atoms with Crippen molar-refractivity contribution in [2.75, 3.05) is 20.1 Å². The predicted molar refractivity (Wildman–Crippen MR) is 57.4 cm³/mol. The van der Waals surface area contributed by atoms with Crippen LogP contribution in [0.4, 0.5) is 0 Å². The molecule has 0 saturated carbocycles. The minimum absolute atomic E-state index is 0.0217. The minimum Gasteiger partial charge on any atom is -0.462 e. The largest absolute Gasteiger partial charge is 0.462 e. The van der Waals surface area contributed by atoms with Crippen molar-refractivity contribution in [3.63, 3.8) is 0 Å². The van der Waals surface area contributed by atoms with Crippen molar-refractivity contribution in [1.82, 2.24) is 10.2 Å². The predicted octanol–water partition coefficient (Wildman–Crippen LogP) is 0.566. The summed E-state index contributed by atoms with van der Waals surface area (Å²) in [5, 5.41) is 12.3. The molecular formula is C11H18N2O2. The highest BCUT2D eigenvalue weighted by molar-refractivity contribution is 5.06. The number of rotatable bonds is 4. The number of furan rings is 1. The van der Waals surface area contributed by atoms with Gasteiger partial charge in [-0.15, -0.1) is 0 Å². The van der Waals surface area contributed by atoms with Crippen LogP contribution in [0.25, 0.3) is 0 Å². The zero-order valence-corrected chi connectivity index (χ0v) is 9.07. The zero-order valence-electron chi connectivity index (χ0n) is 9.07. The summed E-state index contributed by atoms with van der Waals surface area (Å²) < 4.78 is 5.39. The van der Waals surface area contributed by atoms with E-state index in [0.717, 1.165) is 25.4 Å². The van der Waals surface area contributed by atoms with Gasteiger partial charge in [0.2, 0.25) is 0 Å². The van der Waals surface area contributed by atoms with E-state index in [1.807, 2.05) is 12.1 Å². The van der Waals surface area contributed by atoms with Gasteiger partial charge in [-0.25, -0.2) is 0 Å². The van der Waals surface area contributed by atoms with E-state index in [-0.39, 0.29) is 6.61 Å². The van der Waals surface area contributed by atoms with E-state index in [2.05, 4.69) is 17.3 Å². The first kappa shape index (κ1) is 10.7. The number of likely N-dealkylation sites (N-methyl/N-ethyl adjacent to an activating group) is 1. The van der Waals surface area contributed by atoms with Gasteiger partial charge in [0.05, 0.1) is 6.54 Å². The fourth-order valence-electron chi connectivity index (χ4n) is 1.95. The first-order valence-corrected chi connectivity index (χ1v) is 5.38. The second-order valence-electron chi connectivity index (χ2n) is 4.15. The molecule has 0 amide bonds. The topological polar surface area (TPSA) is 48.6 Å². The summed E-state index contributed by atoms with van der Waals surface area (Å²) in [6, 6.07) is 4.30. The standard InChI is InChI=1S/C11H18N2O2/c1-13-5-4-9(7-13)12-6-10-2-3-11(8-14)15-10/h2-3,9,12,14H,4-8H2,1H3/t9-/m1/s1. The molecule has 2 N–H and O–H groups in total. The lowest BCUT2D eigenvalue weighted by Crippen LogP contribution is -2.30. The lowest BCUT2D eigenvalue weighted by atomic mass is 10.2. The van der Waals surface area contributed by atoms with E-state index >= 15 is 0 Å². The molecule has 2 heterocycles. The van der Waals surface area contributed by atoms with E-state index in [1.54, 1.807) is 0 Å². The van der Waals surface area contributed by atoms with Gasteiger partial charge in [0.25, 0.3) is 0 Å². The highest BCUT2D eigenvalue weighted by atomic mass is 16.4. The van der Waals surface area contributed by atoms with Crippen LogP contribution in [-0.2, 0) is 13.2 Å². The molecule has 0 aliphatic carbocycles. The first-order chi connectivity index (χ1) is 7.28. The lowest BCUT2D eigenvalue weighted by Gasteiger charge is -2.11. The summed E-state index contributed by atoms with van der Waals surface area (Å²) in [7, 11) is 2.14. The number of aliphatic hydroxyl groups is 1. The fraction of sp³-hybridized carbons (Fsp3) is 0.636. The van der Waals surface area contributed by atoms with E-state index < -0.39 is 0 Å². The molecule has 0 radical (unpaired) electrons. The van der Waals surface area contributed by atoms with Crippen LogP contribution < -0.4 is 5.32 Å². The average Bonchev–Trinajstić information content (AvgIpc) is 2.83. The van der Waals surface area contributed by atoms with Crippen LogP contribution in [0.3, 0.4) is 0 Å². The van der Waals surface area contributed by atoms with Gasteiger partial charge in [0.1, 0.15) is 18.1 Å². The quantitative estimate of drug-likeness (QED) is 0.762. The van der Waals surface area contributed by atoms with E-state index in [9.17, 15) is 0 Å². The molecule has 1 aromatic heterocycles. The lowest BCUT2D eigenvalue weighted by molar-refractivity contribution is 0.242.